The first-order valence-corrected chi connectivity index (χ1v) is 18.9. The van der Waals surface area contributed by atoms with E-state index in [2.05, 4.69) is 31.6 Å². The van der Waals surface area contributed by atoms with Crippen molar-refractivity contribution in [1.29, 1.82) is 0 Å². The van der Waals surface area contributed by atoms with Gasteiger partial charge >= 0.3 is 0 Å². The SMILES string of the molecule is CC(NC(=O)C(Cc1ccc(O)cc1)NC(=O)C(N)Cc1ccccc1)C(=O)NC(CC(N)=O)C(=O)NC(CCCN=C(N)N)C(=O)NC(Cc1ccc(O)cc1)C(N)=O. The van der Waals surface area contributed by atoms with E-state index in [4.69, 9.17) is 28.7 Å². The van der Waals surface area contributed by atoms with Crippen LogP contribution < -0.4 is 55.3 Å². The molecule has 3 aromatic rings. The molecule has 0 radical (unpaired) electrons. The fraction of sp³-hybridized carbons (Fsp3) is 0.350. The summed E-state index contributed by atoms with van der Waals surface area (Å²) in [5, 5.41) is 31.8. The lowest BCUT2D eigenvalue weighted by Crippen LogP contribution is -2.59. The van der Waals surface area contributed by atoms with Crippen LogP contribution in [0.2, 0.25) is 0 Å². The number of carbonyl (C=O) groups is 7. The number of phenols is 2. The summed E-state index contributed by atoms with van der Waals surface area (Å²) in [6.07, 6.45) is -0.581. The largest absolute Gasteiger partial charge is 0.508 e. The van der Waals surface area contributed by atoms with Crippen LogP contribution >= 0.6 is 0 Å². The predicted molar refractivity (Wildman–Crippen MR) is 220 cm³/mol. The standard InChI is InChI=1S/C40H53N11O9/c1-22(47-38(59)31(20-25-11-15-27(53)16-12-25)51-36(57)28(41)18-23-6-3-2-4-7-23)35(56)50-32(21-33(42)54)39(60)48-29(8-5-17-46-40(44)45)37(58)49-30(34(43)55)19-24-9-13-26(52)14-10-24/h2-4,6-7,9-16,22,28-32,52-53H,5,8,17-21,41H2,1H3,(H2,42,54)(H2,43,55)(H,47,59)(H,48,60)(H,49,58)(H,50,56)(H,51,57)(H4,44,45,46). The Balaban J connectivity index is 1.76. The van der Waals surface area contributed by atoms with Gasteiger partial charge in [-0.1, -0.05) is 54.6 Å². The number of aromatic hydroxyl groups is 2. The Morgan fingerprint density at radius 2 is 1.03 bits per heavy atom. The molecule has 0 saturated carbocycles. The molecule has 17 N–H and O–H groups in total. The third kappa shape index (κ3) is 16.3. The van der Waals surface area contributed by atoms with Gasteiger partial charge in [0.05, 0.1) is 12.5 Å². The fourth-order valence-corrected chi connectivity index (χ4v) is 5.81. The van der Waals surface area contributed by atoms with E-state index in [1.54, 1.807) is 36.4 Å². The molecule has 60 heavy (non-hydrogen) atoms. The number of aliphatic imine (C=N–C) groups is 1. The summed E-state index contributed by atoms with van der Waals surface area (Å²) >= 11 is 0. The minimum Gasteiger partial charge on any atom is -0.508 e. The van der Waals surface area contributed by atoms with E-state index in [0.717, 1.165) is 5.56 Å². The Morgan fingerprint density at radius 1 is 0.567 bits per heavy atom. The fourth-order valence-electron chi connectivity index (χ4n) is 5.81. The van der Waals surface area contributed by atoms with Crippen molar-refractivity contribution in [3.8, 4) is 11.5 Å². The first kappa shape index (κ1) is 47.2. The topological polar surface area (TPSA) is 363 Å². The number of primary amides is 2. The second kappa shape index (κ2) is 23.3. The summed E-state index contributed by atoms with van der Waals surface area (Å²) in [5.74, 6) is -6.37. The number of guanidine groups is 1. The monoisotopic (exact) mass is 831 g/mol. The average molecular weight is 832 g/mol. The second-order valence-electron chi connectivity index (χ2n) is 14.0. The average Bonchev–Trinajstić information content (AvgIpc) is 3.19. The van der Waals surface area contributed by atoms with Crippen molar-refractivity contribution in [1.82, 2.24) is 26.6 Å². The molecule has 6 unspecified atom stereocenters. The number of carbonyl (C=O) groups excluding carboxylic acids is 7. The number of nitrogens with zero attached hydrogens (tertiary/aromatic N) is 1. The maximum Gasteiger partial charge on any atom is 0.243 e. The van der Waals surface area contributed by atoms with Crippen molar-refractivity contribution in [2.75, 3.05) is 6.54 Å². The highest BCUT2D eigenvalue weighted by Gasteiger charge is 2.32. The third-order valence-electron chi connectivity index (χ3n) is 9.05. The molecule has 322 valence electrons. The van der Waals surface area contributed by atoms with Crippen LogP contribution in [0.15, 0.2) is 83.9 Å². The van der Waals surface area contributed by atoms with E-state index in [1.807, 2.05) is 6.07 Å². The summed E-state index contributed by atoms with van der Waals surface area (Å²) in [7, 11) is 0. The zero-order chi connectivity index (χ0) is 44.4. The van der Waals surface area contributed by atoms with E-state index >= 15 is 0 Å². The van der Waals surface area contributed by atoms with E-state index in [-0.39, 0.29) is 56.1 Å². The minimum absolute atomic E-state index is 0.0185. The molecule has 6 atom stereocenters. The summed E-state index contributed by atoms with van der Waals surface area (Å²) in [6, 6.07) is 12.8. The van der Waals surface area contributed by atoms with Gasteiger partial charge in [-0.15, -0.1) is 0 Å². The highest BCUT2D eigenvalue weighted by molar-refractivity contribution is 5.98. The van der Waals surface area contributed by atoms with Crippen molar-refractivity contribution >= 4 is 47.3 Å². The number of nitrogens with one attached hydrogen (secondary N) is 5. The summed E-state index contributed by atoms with van der Waals surface area (Å²) in [5.41, 5.74) is 29.9. The van der Waals surface area contributed by atoms with E-state index in [0.29, 0.717) is 11.1 Å². The van der Waals surface area contributed by atoms with Gasteiger partial charge in [0.25, 0.3) is 0 Å². The lowest BCUT2D eigenvalue weighted by molar-refractivity contribution is -0.135. The molecule has 0 fully saturated rings. The molecule has 20 nitrogen and oxygen atoms in total. The van der Waals surface area contributed by atoms with Crippen LogP contribution in [-0.4, -0.2) is 100 Å². The highest BCUT2D eigenvalue weighted by Crippen LogP contribution is 2.14. The molecular formula is C40H53N11O9. The molecule has 0 aliphatic heterocycles. The molecule has 0 spiro atoms. The molecule has 3 aromatic carbocycles. The number of hydrogen-bond donors (Lipinski definition) is 12. The van der Waals surface area contributed by atoms with Crippen LogP contribution in [0.4, 0.5) is 0 Å². The molecular weight excluding hydrogens is 779 g/mol. The predicted octanol–water partition coefficient (Wildman–Crippen LogP) is -2.69. The molecule has 3 rings (SSSR count). The molecule has 0 bridgehead atoms. The maximum absolute atomic E-state index is 13.6. The maximum atomic E-state index is 13.6. The van der Waals surface area contributed by atoms with Crippen molar-refractivity contribution < 1.29 is 43.8 Å². The van der Waals surface area contributed by atoms with Crippen molar-refractivity contribution in [3.05, 3.63) is 95.6 Å². The first-order valence-electron chi connectivity index (χ1n) is 18.9. The van der Waals surface area contributed by atoms with Gasteiger partial charge in [0, 0.05) is 19.4 Å². The first-order chi connectivity index (χ1) is 28.4. The molecule has 0 aromatic heterocycles. The van der Waals surface area contributed by atoms with Crippen LogP contribution in [0.3, 0.4) is 0 Å². The minimum atomic E-state index is -1.64. The molecule has 0 heterocycles. The molecule has 20 heteroatoms. The van der Waals surface area contributed by atoms with Gasteiger partial charge in [-0.05, 0) is 67.1 Å². The van der Waals surface area contributed by atoms with Crippen LogP contribution in [0.25, 0.3) is 0 Å². The lowest BCUT2D eigenvalue weighted by atomic mass is 10.0. The van der Waals surface area contributed by atoms with Crippen LogP contribution in [0.1, 0.15) is 42.9 Å². The van der Waals surface area contributed by atoms with Crippen LogP contribution in [0, 0.1) is 0 Å². The van der Waals surface area contributed by atoms with Crippen molar-refractivity contribution in [2.24, 2.45) is 33.7 Å². The third-order valence-corrected chi connectivity index (χ3v) is 9.05. The number of nitrogens with two attached hydrogens (primary N) is 5. The summed E-state index contributed by atoms with van der Waals surface area (Å²) in [4.78, 5) is 95.8. The molecule has 7 amide bonds. The van der Waals surface area contributed by atoms with E-state index < -0.39 is 84.0 Å². The van der Waals surface area contributed by atoms with Crippen LogP contribution in [-0.2, 0) is 52.8 Å². The Labute approximate surface area is 346 Å². The van der Waals surface area contributed by atoms with Gasteiger partial charge < -0.3 is 65.5 Å². The summed E-state index contributed by atoms with van der Waals surface area (Å²) in [6.45, 7) is 1.35. The number of hydrogen-bond acceptors (Lipinski definition) is 11. The second-order valence-corrected chi connectivity index (χ2v) is 14.0. The smallest absolute Gasteiger partial charge is 0.243 e. The lowest BCUT2D eigenvalue weighted by Gasteiger charge is -2.26. The Bertz CT molecular complexity index is 1980. The Kier molecular flexibility index (Phi) is 18.3. The van der Waals surface area contributed by atoms with Crippen molar-refractivity contribution in [2.45, 2.75) is 81.7 Å². The number of benzene rings is 3. The van der Waals surface area contributed by atoms with Gasteiger partial charge in [-0.25, -0.2) is 0 Å². The van der Waals surface area contributed by atoms with Crippen LogP contribution in [0.5, 0.6) is 11.5 Å². The number of phenolic OH excluding ortho intramolecular Hbond substituents is 2. The van der Waals surface area contributed by atoms with E-state index in [1.165, 1.54) is 43.3 Å². The normalized spacial score (nSPS) is 13.8. The van der Waals surface area contributed by atoms with Crippen molar-refractivity contribution in [3.63, 3.8) is 0 Å². The Morgan fingerprint density at radius 3 is 1.57 bits per heavy atom. The quantitative estimate of drug-likeness (QED) is 0.0264. The van der Waals surface area contributed by atoms with Gasteiger partial charge in [0.2, 0.25) is 41.4 Å². The molecule has 0 saturated heterocycles. The molecule has 0 aliphatic carbocycles. The zero-order valence-corrected chi connectivity index (χ0v) is 33.0. The number of amides is 7. The Hall–Kier alpha value is -7.22. The zero-order valence-electron chi connectivity index (χ0n) is 33.0. The highest BCUT2D eigenvalue weighted by atomic mass is 16.3. The number of rotatable bonds is 23. The van der Waals surface area contributed by atoms with Gasteiger partial charge in [0.15, 0.2) is 5.96 Å². The summed E-state index contributed by atoms with van der Waals surface area (Å²) < 4.78 is 0. The van der Waals surface area contributed by atoms with Gasteiger partial charge in [0.1, 0.15) is 41.7 Å². The van der Waals surface area contributed by atoms with Gasteiger partial charge in [-0.2, -0.15) is 0 Å². The molecule has 0 aliphatic rings. The van der Waals surface area contributed by atoms with Gasteiger partial charge in [-0.3, -0.25) is 38.6 Å². The van der Waals surface area contributed by atoms with E-state index in [9.17, 15) is 43.8 Å².